The van der Waals surface area contributed by atoms with Crippen LogP contribution in [0, 0.1) is 0 Å². The van der Waals surface area contributed by atoms with E-state index in [0.29, 0.717) is 11.4 Å². The first-order valence-corrected chi connectivity index (χ1v) is 7.07. The summed E-state index contributed by atoms with van der Waals surface area (Å²) in [5.41, 5.74) is 3.64. The van der Waals surface area contributed by atoms with Crippen LogP contribution in [0.1, 0.15) is 27.9 Å². The number of rotatable bonds is 5. The number of benzene rings is 1. The molecule has 2 N–H and O–H groups in total. The highest BCUT2D eigenvalue weighted by Crippen LogP contribution is 2.14. The maximum atomic E-state index is 11.9. The largest absolute Gasteiger partial charge is 0.508 e. The van der Waals surface area contributed by atoms with Crippen LogP contribution in [-0.2, 0) is 12.8 Å². The van der Waals surface area contributed by atoms with Gasteiger partial charge in [0, 0.05) is 6.54 Å². The molecule has 1 amide bonds. The zero-order valence-electron chi connectivity index (χ0n) is 10.7. The van der Waals surface area contributed by atoms with Gasteiger partial charge in [0.05, 0.1) is 11.2 Å². The number of aryl methyl sites for hydroxylation is 1. The highest BCUT2D eigenvalue weighted by Gasteiger charge is 2.12. The monoisotopic (exact) mass is 276 g/mol. The summed E-state index contributed by atoms with van der Waals surface area (Å²) in [4.78, 5) is 16.8. The summed E-state index contributed by atoms with van der Waals surface area (Å²) in [6.45, 7) is 2.56. The van der Waals surface area contributed by atoms with Gasteiger partial charge in [-0.25, -0.2) is 4.98 Å². The Labute approximate surface area is 116 Å². The molecule has 100 valence electrons. The fraction of sp³-hybridized carbons (Fsp3) is 0.286. The van der Waals surface area contributed by atoms with Crippen molar-refractivity contribution in [3.63, 3.8) is 0 Å². The summed E-state index contributed by atoms with van der Waals surface area (Å²) in [6, 6.07) is 7.00. The minimum absolute atomic E-state index is 0.0573. The van der Waals surface area contributed by atoms with Crippen LogP contribution in [0.5, 0.6) is 5.75 Å². The molecule has 0 unspecified atom stereocenters. The number of phenols is 1. The van der Waals surface area contributed by atoms with Gasteiger partial charge in [-0.05, 0) is 30.5 Å². The van der Waals surface area contributed by atoms with Crippen molar-refractivity contribution in [3.05, 3.63) is 45.9 Å². The summed E-state index contributed by atoms with van der Waals surface area (Å²) >= 11 is 1.37. The minimum Gasteiger partial charge on any atom is -0.508 e. The lowest BCUT2D eigenvalue weighted by molar-refractivity contribution is 0.0957. The number of nitrogens with one attached hydrogen (secondary N) is 1. The van der Waals surface area contributed by atoms with Gasteiger partial charge in [-0.3, -0.25) is 4.79 Å². The van der Waals surface area contributed by atoms with E-state index in [1.54, 1.807) is 17.6 Å². The number of aromatic nitrogens is 1. The van der Waals surface area contributed by atoms with Gasteiger partial charge in [-0.1, -0.05) is 19.1 Å². The number of carbonyl (C=O) groups excluding carboxylic acids is 1. The van der Waals surface area contributed by atoms with Crippen LogP contribution in [0.3, 0.4) is 0 Å². The summed E-state index contributed by atoms with van der Waals surface area (Å²) in [5.74, 6) is 0.197. The summed E-state index contributed by atoms with van der Waals surface area (Å²) in [7, 11) is 0. The highest BCUT2D eigenvalue weighted by molar-refractivity contribution is 7.11. The van der Waals surface area contributed by atoms with Crippen molar-refractivity contribution in [2.45, 2.75) is 19.8 Å². The third kappa shape index (κ3) is 3.54. The Balaban J connectivity index is 1.86. The normalized spacial score (nSPS) is 10.4. The molecule has 1 heterocycles. The minimum atomic E-state index is -0.0573. The van der Waals surface area contributed by atoms with Gasteiger partial charge in [0.15, 0.2) is 0 Å². The second-order valence-electron chi connectivity index (χ2n) is 4.15. The molecular weight excluding hydrogens is 260 g/mol. The van der Waals surface area contributed by atoms with Crippen molar-refractivity contribution in [3.8, 4) is 5.75 Å². The van der Waals surface area contributed by atoms with E-state index in [2.05, 4.69) is 10.3 Å². The van der Waals surface area contributed by atoms with E-state index in [4.69, 9.17) is 0 Å². The van der Waals surface area contributed by atoms with E-state index in [1.807, 2.05) is 19.1 Å². The zero-order valence-corrected chi connectivity index (χ0v) is 11.5. The van der Waals surface area contributed by atoms with Crippen molar-refractivity contribution in [1.29, 1.82) is 0 Å². The number of thiazole rings is 1. The number of hydrogen-bond acceptors (Lipinski definition) is 4. The third-order valence-electron chi connectivity index (χ3n) is 2.82. The van der Waals surface area contributed by atoms with Crippen LogP contribution in [0.25, 0.3) is 0 Å². The molecule has 0 aliphatic rings. The van der Waals surface area contributed by atoms with E-state index in [0.717, 1.165) is 24.1 Å². The lowest BCUT2D eigenvalue weighted by atomic mass is 10.1. The molecule has 0 saturated heterocycles. The Bertz CT molecular complexity index is 549. The van der Waals surface area contributed by atoms with Gasteiger partial charge in [0.2, 0.25) is 0 Å². The molecule has 1 aromatic carbocycles. The Morgan fingerprint density at radius 2 is 2.11 bits per heavy atom. The predicted molar refractivity (Wildman–Crippen MR) is 75.6 cm³/mol. The molecule has 0 atom stereocenters. The van der Waals surface area contributed by atoms with Crippen molar-refractivity contribution in [2.75, 3.05) is 6.54 Å². The molecule has 0 spiro atoms. The smallest absolute Gasteiger partial charge is 0.263 e. The molecular formula is C14H16N2O2S. The fourth-order valence-electron chi connectivity index (χ4n) is 1.77. The van der Waals surface area contributed by atoms with Crippen LogP contribution in [0.4, 0.5) is 0 Å². The molecule has 2 rings (SSSR count). The molecule has 0 bridgehead atoms. The van der Waals surface area contributed by atoms with Gasteiger partial charge < -0.3 is 10.4 Å². The zero-order chi connectivity index (χ0) is 13.7. The van der Waals surface area contributed by atoms with Crippen LogP contribution >= 0.6 is 11.3 Å². The summed E-state index contributed by atoms with van der Waals surface area (Å²) in [6.07, 6.45) is 1.51. The average Bonchev–Trinajstić information content (AvgIpc) is 2.89. The van der Waals surface area contributed by atoms with Gasteiger partial charge in [-0.2, -0.15) is 0 Å². The first kappa shape index (κ1) is 13.5. The fourth-order valence-corrected chi connectivity index (χ4v) is 2.57. The first-order valence-electron chi connectivity index (χ1n) is 6.19. The van der Waals surface area contributed by atoms with E-state index < -0.39 is 0 Å². The SMILES string of the molecule is CCc1ncsc1C(=O)NCCc1ccc(O)cc1. The van der Waals surface area contributed by atoms with Crippen molar-refractivity contribution < 1.29 is 9.90 Å². The number of amides is 1. The van der Waals surface area contributed by atoms with E-state index >= 15 is 0 Å². The molecule has 4 nitrogen and oxygen atoms in total. The second-order valence-corrected chi connectivity index (χ2v) is 5.01. The number of aromatic hydroxyl groups is 1. The van der Waals surface area contributed by atoms with Gasteiger partial charge in [-0.15, -0.1) is 11.3 Å². The van der Waals surface area contributed by atoms with Crippen LogP contribution in [0.2, 0.25) is 0 Å². The van der Waals surface area contributed by atoms with Crippen LogP contribution in [0.15, 0.2) is 29.8 Å². The molecule has 0 radical (unpaired) electrons. The maximum Gasteiger partial charge on any atom is 0.263 e. The topological polar surface area (TPSA) is 62.2 Å². The van der Waals surface area contributed by atoms with Gasteiger partial charge in [0.1, 0.15) is 10.6 Å². The molecule has 19 heavy (non-hydrogen) atoms. The average molecular weight is 276 g/mol. The van der Waals surface area contributed by atoms with Gasteiger partial charge in [0.25, 0.3) is 5.91 Å². The molecule has 5 heteroatoms. The van der Waals surface area contributed by atoms with Crippen molar-refractivity contribution >= 4 is 17.2 Å². The number of nitrogens with zero attached hydrogens (tertiary/aromatic N) is 1. The number of hydrogen-bond donors (Lipinski definition) is 2. The van der Waals surface area contributed by atoms with Crippen LogP contribution in [-0.4, -0.2) is 22.5 Å². The first-order chi connectivity index (χ1) is 9.20. The quantitative estimate of drug-likeness (QED) is 0.881. The van der Waals surface area contributed by atoms with Gasteiger partial charge >= 0.3 is 0 Å². The lowest BCUT2D eigenvalue weighted by Gasteiger charge is -2.05. The molecule has 0 aliphatic carbocycles. The Kier molecular flexibility index (Phi) is 4.52. The molecule has 0 fully saturated rings. The summed E-state index contributed by atoms with van der Waals surface area (Å²) < 4.78 is 0. The number of phenolic OH excluding ortho intramolecular Hbond substituents is 1. The molecule has 0 aliphatic heterocycles. The number of carbonyl (C=O) groups is 1. The van der Waals surface area contributed by atoms with E-state index in [1.165, 1.54) is 11.3 Å². The van der Waals surface area contributed by atoms with Crippen LogP contribution < -0.4 is 5.32 Å². The highest BCUT2D eigenvalue weighted by atomic mass is 32.1. The third-order valence-corrected chi connectivity index (χ3v) is 3.69. The predicted octanol–water partition coefficient (Wildman–Crippen LogP) is 2.38. The Morgan fingerprint density at radius 3 is 2.79 bits per heavy atom. The van der Waals surface area contributed by atoms with Crippen molar-refractivity contribution in [2.24, 2.45) is 0 Å². The van der Waals surface area contributed by atoms with E-state index in [-0.39, 0.29) is 11.7 Å². The summed E-state index contributed by atoms with van der Waals surface area (Å²) in [5, 5.41) is 12.1. The van der Waals surface area contributed by atoms with Crippen molar-refractivity contribution in [1.82, 2.24) is 10.3 Å². The lowest BCUT2D eigenvalue weighted by Crippen LogP contribution is -2.25. The second kappa shape index (κ2) is 6.33. The molecule has 0 saturated carbocycles. The van der Waals surface area contributed by atoms with E-state index in [9.17, 15) is 9.90 Å². The standard InChI is InChI=1S/C14H16N2O2S/c1-2-12-13(19-9-16-12)14(18)15-8-7-10-3-5-11(17)6-4-10/h3-6,9,17H,2,7-8H2,1H3,(H,15,18). The maximum absolute atomic E-state index is 11.9. The molecule has 2 aromatic rings. The molecule has 1 aromatic heterocycles. The Morgan fingerprint density at radius 1 is 1.37 bits per heavy atom. The Hall–Kier alpha value is -1.88.